The lowest BCUT2D eigenvalue weighted by molar-refractivity contribution is -0.155. The number of rotatable bonds is 7. The molecule has 0 saturated carbocycles. The van der Waals surface area contributed by atoms with Crippen LogP contribution in [0.3, 0.4) is 0 Å². The smallest absolute Gasteiger partial charge is 0.334 e. The minimum atomic E-state index is -1.04. The summed E-state index contributed by atoms with van der Waals surface area (Å²) in [5.41, 5.74) is 6.07. The molecule has 0 saturated heterocycles. The summed E-state index contributed by atoms with van der Waals surface area (Å²) >= 11 is 0. The number of benzene rings is 1. The molecule has 0 aliphatic carbocycles. The van der Waals surface area contributed by atoms with Crippen LogP contribution in [-0.2, 0) is 9.53 Å². The second kappa shape index (κ2) is 8.93. The van der Waals surface area contributed by atoms with Crippen molar-refractivity contribution in [2.45, 2.75) is 52.2 Å². The average molecular weight is 373 g/mol. The Kier molecular flexibility index (Phi) is 6.88. The van der Waals surface area contributed by atoms with Crippen LogP contribution in [0.4, 0.5) is 4.39 Å². The lowest BCUT2D eigenvalue weighted by Gasteiger charge is -2.35. The summed E-state index contributed by atoms with van der Waals surface area (Å²) in [7, 11) is 0. The molecule has 27 heavy (non-hydrogen) atoms. The normalized spacial score (nSPS) is 24.0. The van der Waals surface area contributed by atoms with Gasteiger partial charge in [-0.25, -0.2) is 9.18 Å². The molecular formula is C21H28FN3O2. The molecule has 1 aliphatic heterocycles. The number of nitrogens with two attached hydrogens (primary N) is 1. The molecular weight excluding hydrogens is 345 g/mol. The molecule has 0 unspecified atom stereocenters. The Morgan fingerprint density at radius 3 is 2.67 bits per heavy atom. The van der Waals surface area contributed by atoms with Gasteiger partial charge in [0.1, 0.15) is 11.9 Å². The zero-order valence-electron chi connectivity index (χ0n) is 16.4. The molecule has 0 spiro atoms. The van der Waals surface area contributed by atoms with Crippen LogP contribution in [0.5, 0.6) is 0 Å². The van der Waals surface area contributed by atoms with Gasteiger partial charge in [-0.1, -0.05) is 50.3 Å². The first-order valence-corrected chi connectivity index (χ1v) is 9.20. The van der Waals surface area contributed by atoms with Crippen LogP contribution in [0.15, 0.2) is 52.2 Å². The fourth-order valence-corrected chi connectivity index (χ4v) is 2.90. The minimum Gasteiger partial charge on any atom is -0.454 e. The standard InChI is InChI=1S/C21H28FN3O2/c1-14(2)19-18(16-9-6-5-7-10-16)25-21(4,20(26)27-19)12-8-11-17(22)13-24-15(3)23/h5-7,9-11,14,19H,8,12-13H2,1-4H3,(H2,23,24)/b17-11+/t19-,21+/m1/s1. The van der Waals surface area contributed by atoms with Crippen LogP contribution in [0.25, 0.3) is 0 Å². The first-order chi connectivity index (χ1) is 12.7. The summed E-state index contributed by atoms with van der Waals surface area (Å²) in [6, 6.07) is 9.71. The Labute approximate surface area is 160 Å². The summed E-state index contributed by atoms with van der Waals surface area (Å²) in [4.78, 5) is 21.2. The quantitative estimate of drug-likeness (QED) is 0.448. The van der Waals surface area contributed by atoms with E-state index in [0.29, 0.717) is 18.7 Å². The number of amidine groups is 1. The highest BCUT2D eigenvalue weighted by atomic mass is 19.1. The van der Waals surface area contributed by atoms with Crippen molar-refractivity contribution in [3.8, 4) is 0 Å². The molecule has 2 N–H and O–H groups in total. The van der Waals surface area contributed by atoms with Gasteiger partial charge in [0.05, 0.1) is 18.1 Å². The minimum absolute atomic E-state index is 0.0859. The third-order valence-electron chi connectivity index (χ3n) is 4.46. The number of carbonyl (C=O) groups is 1. The van der Waals surface area contributed by atoms with Crippen LogP contribution in [0.2, 0.25) is 0 Å². The molecule has 0 amide bonds. The van der Waals surface area contributed by atoms with Gasteiger partial charge in [-0.15, -0.1) is 0 Å². The largest absolute Gasteiger partial charge is 0.454 e. The molecule has 0 aromatic heterocycles. The monoisotopic (exact) mass is 373 g/mol. The zero-order chi connectivity index (χ0) is 20.0. The second-order valence-electron chi connectivity index (χ2n) is 7.35. The van der Waals surface area contributed by atoms with Crippen LogP contribution in [-0.4, -0.2) is 35.7 Å². The zero-order valence-corrected chi connectivity index (χ0v) is 16.4. The van der Waals surface area contributed by atoms with Crippen LogP contribution >= 0.6 is 0 Å². The van der Waals surface area contributed by atoms with Crippen molar-refractivity contribution in [1.29, 1.82) is 0 Å². The van der Waals surface area contributed by atoms with E-state index in [0.717, 1.165) is 11.3 Å². The number of hydrogen-bond acceptors (Lipinski definition) is 4. The molecule has 1 aliphatic rings. The van der Waals surface area contributed by atoms with Gasteiger partial charge in [0.25, 0.3) is 0 Å². The highest BCUT2D eigenvalue weighted by Crippen LogP contribution is 2.30. The maximum Gasteiger partial charge on any atom is 0.334 e. The third-order valence-corrected chi connectivity index (χ3v) is 4.46. The molecule has 0 fully saturated rings. The van der Waals surface area contributed by atoms with Gasteiger partial charge in [-0.05, 0) is 38.2 Å². The number of aliphatic imine (C=N–C) groups is 2. The lowest BCUT2D eigenvalue weighted by atomic mass is 9.89. The van der Waals surface area contributed by atoms with Gasteiger partial charge >= 0.3 is 5.97 Å². The number of cyclic esters (lactones) is 1. The van der Waals surface area contributed by atoms with Gasteiger partial charge in [-0.2, -0.15) is 0 Å². The van der Waals surface area contributed by atoms with E-state index in [1.807, 2.05) is 44.2 Å². The highest BCUT2D eigenvalue weighted by molar-refractivity contribution is 6.08. The van der Waals surface area contributed by atoms with Gasteiger partial charge in [0.15, 0.2) is 5.54 Å². The molecule has 146 valence electrons. The molecule has 1 aromatic rings. The lowest BCUT2D eigenvalue weighted by Crippen LogP contribution is -2.48. The summed E-state index contributed by atoms with van der Waals surface area (Å²) < 4.78 is 19.5. The summed E-state index contributed by atoms with van der Waals surface area (Å²) in [5, 5.41) is 0. The first-order valence-electron chi connectivity index (χ1n) is 9.20. The Bertz CT molecular complexity index is 752. The predicted molar refractivity (Wildman–Crippen MR) is 107 cm³/mol. The second-order valence-corrected chi connectivity index (χ2v) is 7.35. The van der Waals surface area contributed by atoms with E-state index in [2.05, 4.69) is 4.99 Å². The molecule has 2 rings (SSSR count). The van der Waals surface area contributed by atoms with Gasteiger partial charge < -0.3 is 10.5 Å². The third kappa shape index (κ3) is 5.49. The van der Waals surface area contributed by atoms with Crippen molar-refractivity contribution in [3.05, 3.63) is 47.8 Å². The fraction of sp³-hybridized carbons (Fsp3) is 0.476. The van der Waals surface area contributed by atoms with Crippen LogP contribution < -0.4 is 5.73 Å². The Hall–Kier alpha value is -2.50. The van der Waals surface area contributed by atoms with Crippen molar-refractivity contribution in [3.63, 3.8) is 0 Å². The van der Waals surface area contributed by atoms with E-state index in [1.165, 1.54) is 6.08 Å². The maximum atomic E-state index is 13.8. The van der Waals surface area contributed by atoms with Crippen LogP contribution in [0, 0.1) is 5.92 Å². The van der Waals surface area contributed by atoms with E-state index in [4.69, 9.17) is 15.5 Å². The molecule has 1 aromatic carbocycles. The van der Waals surface area contributed by atoms with Gasteiger partial charge in [0.2, 0.25) is 0 Å². The van der Waals surface area contributed by atoms with E-state index in [1.54, 1.807) is 13.8 Å². The Morgan fingerprint density at radius 1 is 1.41 bits per heavy atom. The molecule has 0 bridgehead atoms. The molecule has 2 atom stereocenters. The fourth-order valence-electron chi connectivity index (χ4n) is 2.90. The van der Waals surface area contributed by atoms with Crippen molar-refractivity contribution in [2.75, 3.05) is 6.54 Å². The first kappa shape index (κ1) is 20.8. The van der Waals surface area contributed by atoms with E-state index < -0.39 is 5.54 Å². The number of halogens is 1. The van der Waals surface area contributed by atoms with Gasteiger partial charge in [0, 0.05) is 0 Å². The number of esters is 1. The van der Waals surface area contributed by atoms with E-state index >= 15 is 0 Å². The van der Waals surface area contributed by atoms with Crippen LogP contribution in [0.1, 0.15) is 46.1 Å². The molecule has 1 heterocycles. The average Bonchev–Trinajstić information content (AvgIpc) is 2.62. The number of nitrogens with zero attached hydrogens (tertiary/aromatic N) is 2. The highest BCUT2D eigenvalue weighted by Gasteiger charge is 2.42. The maximum absolute atomic E-state index is 13.8. The number of allylic oxidation sites excluding steroid dienone is 1. The summed E-state index contributed by atoms with van der Waals surface area (Å²) in [6.45, 7) is 7.26. The SMILES string of the molecule is CC(N)=NC/C(F)=C\CC[C@]1(C)N=C(c2ccccc2)[C@@H](C(C)C)OC1=O. The van der Waals surface area contributed by atoms with Crippen molar-refractivity contribution >= 4 is 17.5 Å². The number of carbonyl (C=O) groups excluding carboxylic acids is 1. The molecule has 5 nitrogen and oxygen atoms in total. The van der Waals surface area contributed by atoms with E-state index in [9.17, 15) is 9.18 Å². The number of ether oxygens (including phenoxy) is 1. The predicted octanol–water partition coefficient (Wildman–Crippen LogP) is 3.83. The Balaban J connectivity index is 2.23. The van der Waals surface area contributed by atoms with Gasteiger partial charge in [-0.3, -0.25) is 9.98 Å². The summed E-state index contributed by atoms with van der Waals surface area (Å²) in [5.74, 6) is -0.309. The van der Waals surface area contributed by atoms with Crippen molar-refractivity contribution < 1.29 is 13.9 Å². The summed E-state index contributed by atoms with van der Waals surface area (Å²) in [6.07, 6.45) is 1.75. The topological polar surface area (TPSA) is 77.0 Å². The van der Waals surface area contributed by atoms with E-state index in [-0.39, 0.29) is 30.4 Å². The molecule has 6 heteroatoms. The van der Waals surface area contributed by atoms with Crippen molar-refractivity contribution in [1.82, 2.24) is 0 Å². The Morgan fingerprint density at radius 2 is 2.07 bits per heavy atom. The molecule has 0 radical (unpaired) electrons. The van der Waals surface area contributed by atoms with Crippen molar-refractivity contribution in [2.24, 2.45) is 21.6 Å². The number of hydrogen-bond donors (Lipinski definition) is 1.